The topological polar surface area (TPSA) is 141 Å². The normalized spacial score (nSPS) is 10.7. The Morgan fingerprint density at radius 1 is 0.643 bits per heavy atom. The van der Waals surface area contributed by atoms with Gasteiger partial charge in [-0.25, -0.2) is 0 Å². The van der Waals surface area contributed by atoms with Gasteiger partial charge in [0.1, 0.15) is 0 Å². The smallest absolute Gasteiger partial charge is 0.872 e. The van der Waals surface area contributed by atoms with Crippen molar-refractivity contribution >= 4 is 47.2 Å². The molecule has 4 aromatic rings. The maximum Gasteiger partial charge on any atom is 2.00 e. The summed E-state index contributed by atoms with van der Waals surface area (Å²) < 4.78 is 0. The monoisotopic (exact) mass is 692 g/mol. The second-order valence-electron chi connectivity index (χ2n) is 7.68. The van der Waals surface area contributed by atoms with Crippen LogP contribution in [-0.2, 0) is 34.1 Å². The van der Waals surface area contributed by atoms with Crippen molar-refractivity contribution in [3.63, 3.8) is 0 Å². The summed E-state index contributed by atoms with van der Waals surface area (Å²) in [5.41, 5.74) is 3.00. The van der Waals surface area contributed by atoms with Crippen LogP contribution in [0.4, 0.5) is 0 Å². The van der Waals surface area contributed by atoms with E-state index in [1.165, 1.54) is 22.5 Å². The molecule has 0 aliphatic heterocycles. The first kappa shape index (κ1) is 40.5. The summed E-state index contributed by atoms with van der Waals surface area (Å²) in [6.07, 6.45) is 6.70. The first-order valence-electron chi connectivity index (χ1n) is 11.8. The Bertz CT molecular complexity index is 1310. The third kappa shape index (κ3) is 16.6. The van der Waals surface area contributed by atoms with E-state index < -0.39 is 0 Å². The Morgan fingerprint density at radius 3 is 1.24 bits per heavy atom. The molecule has 2 radical (unpaired) electrons. The molecule has 0 aliphatic rings. The van der Waals surface area contributed by atoms with Gasteiger partial charge in [-0.15, -0.1) is 11.5 Å². The fourth-order valence-corrected chi connectivity index (χ4v) is 2.96. The first-order chi connectivity index (χ1) is 19.4. The summed E-state index contributed by atoms with van der Waals surface area (Å²) in [6.45, 7) is 3.90. The molecule has 222 valence electrons. The van der Waals surface area contributed by atoms with Crippen molar-refractivity contribution in [2.24, 2.45) is 9.98 Å². The van der Waals surface area contributed by atoms with Crippen LogP contribution >= 0.6 is 24.4 Å². The number of nitrogens with zero attached hydrogens (tertiary/aromatic N) is 6. The van der Waals surface area contributed by atoms with Crippen molar-refractivity contribution in [3.8, 4) is 11.5 Å². The van der Waals surface area contributed by atoms with E-state index in [9.17, 15) is 10.2 Å². The molecule has 0 fully saturated rings. The predicted octanol–water partition coefficient (Wildman–Crippen LogP) is 5.98. The number of para-hydroxylation sites is 2. The molecule has 8 nitrogen and oxygen atoms in total. The zero-order valence-corrected chi connectivity index (χ0v) is 26.0. The molecule has 0 bridgehead atoms. The van der Waals surface area contributed by atoms with Gasteiger partial charge in [-0.3, -0.25) is 20.0 Å². The van der Waals surface area contributed by atoms with Crippen molar-refractivity contribution in [1.82, 2.24) is 9.97 Å². The average molecular weight is 694 g/mol. The van der Waals surface area contributed by atoms with Gasteiger partial charge in [-0.2, -0.15) is 10.3 Å². The van der Waals surface area contributed by atoms with Crippen LogP contribution < -0.4 is 10.2 Å². The minimum Gasteiger partial charge on any atom is -0.872 e. The van der Waals surface area contributed by atoms with E-state index in [1.54, 1.807) is 49.1 Å². The van der Waals surface area contributed by atoms with E-state index in [2.05, 4.69) is 44.4 Å². The first-order valence-corrected chi connectivity index (χ1v) is 12.6. The molecule has 2 aromatic heterocycles. The SMILES string of the molecule is C[C@@H](N=Cc1ccccc1[O-])c1ccccn1.C[C@H](N=Cc1ccccc1[O-])c1ccccn1.[Cu+2].[Cu+2].[N-]=C=S.[N-]=C=S. The van der Waals surface area contributed by atoms with E-state index in [0.29, 0.717) is 11.1 Å². The second-order valence-corrected chi connectivity index (χ2v) is 8.04. The molecule has 0 unspecified atom stereocenters. The number of rotatable bonds is 6. The zero-order valence-electron chi connectivity index (χ0n) is 22.5. The predicted molar refractivity (Wildman–Crippen MR) is 164 cm³/mol. The molecule has 0 saturated carbocycles. The van der Waals surface area contributed by atoms with Gasteiger partial charge in [0.15, 0.2) is 0 Å². The third-order valence-corrected chi connectivity index (χ3v) is 4.94. The fourth-order valence-electron chi connectivity index (χ4n) is 2.96. The van der Waals surface area contributed by atoms with Crippen LogP contribution in [0, 0.1) is 0 Å². The Balaban J connectivity index is 0. The Kier molecular flexibility index (Phi) is 24.1. The van der Waals surface area contributed by atoms with Gasteiger partial charge in [0.25, 0.3) is 0 Å². The number of hydrogen-bond acceptors (Lipinski definition) is 8. The van der Waals surface area contributed by atoms with Gasteiger partial charge in [0.05, 0.1) is 23.5 Å². The number of thiocarbonyl (C=S) groups is 2. The summed E-state index contributed by atoms with van der Waals surface area (Å²) in [5, 5.41) is 39.9. The van der Waals surface area contributed by atoms with Crippen LogP contribution in [0.25, 0.3) is 10.8 Å². The van der Waals surface area contributed by atoms with Crippen LogP contribution in [0.5, 0.6) is 11.5 Å². The van der Waals surface area contributed by atoms with Gasteiger partial charge in [-0.05, 0) is 49.2 Å². The number of aromatic nitrogens is 2. The summed E-state index contributed by atoms with van der Waals surface area (Å²) in [4.78, 5) is 17.1. The molecule has 42 heavy (non-hydrogen) atoms. The summed E-state index contributed by atoms with van der Waals surface area (Å²) in [6, 6.07) is 25.0. The van der Waals surface area contributed by atoms with Gasteiger partial charge < -0.3 is 21.0 Å². The standard InChI is InChI=1S/2C14H14N2O.2CNS.2Cu/c2*1-11(13-7-4-5-9-15-13)16-10-12-6-2-3-8-14(12)17;2*2-1-3;;/h2*2-11,17H,1H3;;;;/q;;2*-1;2*+2/p-2/t2*11-;;;;/m10..../s1. The molecular formula is C30H26Cu2N6O2S2. The van der Waals surface area contributed by atoms with Gasteiger partial charge in [0.2, 0.25) is 0 Å². The average Bonchev–Trinajstić information content (AvgIpc) is 2.98. The van der Waals surface area contributed by atoms with Crippen LogP contribution in [0.3, 0.4) is 0 Å². The maximum atomic E-state index is 11.5. The number of benzene rings is 2. The van der Waals surface area contributed by atoms with Gasteiger partial charge >= 0.3 is 34.1 Å². The van der Waals surface area contributed by atoms with Crippen LogP contribution in [0.1, 0.15) is 48.4 Å². The largest absolute Gasteiger partial charge is 2.00 e. The number of isothiocyanates is 2. The summed E-state index contributed by atoms with van der Waals surface area (Å²) >= 11 is 7.40. The van der Waals surface area contributed by atoms with Crippen LogP contribution in [0.15, 0.2) is 107 Å². The van der Waals surface area contributed by atoms with Crippen LogP contribution in [0.2, 0.25) is 0 Å². The Hall–Kier alpha value is -3.68. The van der Waals surface area contributed by atoms with Gasteiger partial charge in [0, 0.05) is 24.8 Å². The van der Waals surface area contributed by atoms with Crippen molar-refractivity contribution in [2.75, 3.05) is 0 Å². The van der Waals surface area contributed by atoms with Crippen molar-refractivity contribution in [2.45, 2.75) is 25.9 Å². The molecule has 4 rings (SSSR count). The van der Waals surface area contributed by atoms with Crippen LogP contribution in [-0.4, -0.2) is 32.7 Å². The number of pyridine rings is 2. The van der Waals surface area contributed by atoms with Crippen molar-refractivity contribution in [1.29, 1.82) is 0 Å². The Morgan fingerprint density at radius 2 is 0.952 bits per heavy atom. The molecular weight excluding hydrogens is 668 g/mol. The molecule has 0 N–H and O–H groups in total. The number of hydrogen-bond donors (Lipinski definition) is 0. The van der Waals surface area contributed by atoms with Gasteiger partial charge in [-0.1, -0.05) is 85.1 Å². The molecule has 0 amide bonds. The second kappa shape index (κ2) is 25.1. The molecule has 2 aromatic carbocycles. The van der Waals surface area contributed by atoms with E-state index >= 15 is 0 Å². The van der Waals surface area contributed by atoms with Crippen molar-refractivity contribution in [3.05, 3.63) is 131 Å². The molecule has 0 saturated heterocycles. The number of aliphatic imine (C=N–C) groups is 2. The molecule has 0 aliphatic carbocycles. The molecule has 2 atom stereocenters. The molecule has 0 spiro atoms. The quantitative estimate of drug-likeness (QED) is 0.138. The van der Waals surface area contributed by atoms with E-state index in [1.807, 2.05) is 62.4 Å². The minimum atomic E-state index is -0.0455. The summed E-state index contributed by atoms with van der Waals surface area (Å²) in [5.74, 6) is -0.0195. The fraction of sp³-hybridized carbons (Fsp3) is 0.133. The molecule has 12 heteroatoms. The van der Waals surface area contributed by atoms with E-state index in [0.717, 1.165) is 11.4 Å². The van der Waals surface area contributed by atoms with Crippen molar-refractivity contribution < 1.29 is 44.4 Å². The van der Waals surface area contributed by atoms with E-state index in [-0.39, 0.29) is 57.7 Å². The minimum absolute atomic E-state index is 0. The summed E-state index contributed by atoms with van der Waals surface area (Å²) in [7, 11) is 0. The maximum absolute atomic E-state index is 11.5. The van der Waals surface area contributed by atoms with E-state index in [4.69, 9.17) is 10.8 Å². The zero-order chi connectivity index (χ0) is 29.6. The molecule has 2 heterocycles. The third-order valence-electron chi connectivity index (χ3n) is 4.94. The Labute approximate surface area is 278 Å².